The highest BCUT2D eigenvalue weighted by Gasteiger charge is 2.40. The molecule has 0 spiro atoms. The van der Waals surface area contributed by atoms with E-state index in [4.69, 9.17) is 0 Å². The number of ketones is 1. The maximum Gasteiger partial charge on any atom is 0.225 e. The van der Waals surface area contributed by atoms with Gasteiger partial charge >= 0.3 is 0 Å². The summed E-state index contributed by atoms with van der Waals surface area (Å²) in [7, 11) is 0. The van der Waals surface area contributed by atoms with Crippen molar-refractivity contribution in [2.24, 2.45) is 5.41 Å². The van der Waals surface area contributed by atoms with E-state index >= 15 is 0 Å². The Kier molecular flexibility index (Phi) is 4.03. The van der Waals surface area contributed by atoms with Crippen LogP contribution >= 0.6 is 0 Å². The molecule has 3 heteroatoms. The Hall–Kier alpha value is -2.68. The second-order valence-electron chi connectivity index (χ2n) is 8.13. The number of carbonyl (C=O) groups is 2. The third kappa shape index (κ3) is 3.10. The Labute approximate surface area is 154 Å². The van der Waals surface area contributed by atoms with E-state index in [2.05, 4.69) is 55.6 Å². The zero-order valence-electron chi connectivity index (χ0n) is 15.2. The van der Waals surface area contributed by atoms with Crippen LogP contribution in [0.1, 0.15) is 44.6 Å². The van der Waals surface area contributed by atoms with E-state index in [1.165, 1.54) is 0 Å². The van der Waals surface area contributed by atoms with E-state index in [0.29, 0.717) is 12.8 Å². The smallest absolute Gasteiger partial charge is 0.225 e. The Morgan fingerprint density at radius 2 is 1.54 bits per heavy atom. The van der Waals surface area contributed by atoms with E-state index in [0.717, 1.165) is 34.4 Å². The molecule has 26 heavy (non-hydrogen) atoms. The van der Waals surface area contributed by atoms with Gasteiger partial charge in [0.1, 0.15) is 0 Å². The maximum absolute atomic E-state index is 12.8. The van der Waals surface area contributed by atoms with Crippen LogP contribution in [-0.2, 0) is 9.59 Å². The zero-order valence-corrected chi connectivity index (χ0v) is 15.2. The molecule has 0 saturated carbocycles. The number of amides is 1. The highest BCUT2D eigenvalue weighted by atomic mass is 16.2. The van der Waals surface area contributed by atoms with Crippen molar-refractivity contribution in [3.63, 3.8) is 0 Å². The van der Waals surface area contributed by atoms with Crippen LogP contribution in [0.5, 0.6) is 0 Å². The first-order chi connectivity index (χ1) is 12.4. The monoisotopic (exact) mass is 345 g/mol. The Bertz CT molecular complexity index is 892. The molecular formula is C23H23NO2. The topological polar surface area (TPSA) is 46.2 Å². The lowest BCUT2D eigenvalue weighted by Gasteiger charge is -2.37. The van der Waals surface area contributed by atoms with Gasteiger partial charge in [-0.3, -0.25) is 9.59 Å². The van der Waals surface area contributed by atoms with Gasteiger partial charge in [0, 0.05) is 30.0 Å². The van der Waals surface area contributed by atoms with Crippen LogP contribution in [0, 0.1) is 5.41 Å². The van der Waals surface area contributed by atoms with Gasteiger partial charge in [-0.25, -0.2) is 0 Å². The van der Waals surface area contributed by atoms with Gasteiger partial charge in [-0.05, 0) is 28.5 Å². The normalized spacial score (nSPS) is 22.0. The molecular weight excluding hydrogens is 322 g/mol. The largest absolute Gasteiger partial charge is 0.329 e. The molecule has 0 fully saturated rings. The van der Waals surface area contributed by atoms with Gasteiger partial charge in [0.15, 0.2) is 5.78 Å². The van der Waals surface area contributed by atoms with Crippen LogP contribution in [0.3, 0.4) is 0 Å². The molecule has 0 saturated heterocycles. The number of benzene rings is 2. The van der Waals surface area contributed by atoms with E-state index in [1.54, 1.807) is 0 Å². The fraction of sp³-hybridized carbons (Fsp3) is 0.304. The summed E-state index contributed by atoms with van der Waals surface area (Å²) in [4.78, 5) is 25.1. The molecule has 1 amide bonds. The molecule has 0 unspecified atom stereocenters. The van der Waals surface area contributed by atoms with Crippen LogP contribution in [-0.4, -0.2) is 11.7 Å². The number of allylic oxidation sites excluding steroid dienone is 2. The molecule has 2 aromatic rings. The predicted molar refractivity (Wildman–Crippen MR) is 102 cm³/mol. The van der Waals surface area contributed by atoms with E-state index in [-0.39, 0.29) is 23.0 Å². The summed E-state index contributed by atoms with van der Waals surface area (Å²) in [6.07, 6.45) is 1.63. The van der Waals surface area contributed by atoms with Crippen molar-refractivity contribution in [1.82, 2.24) is 5.32 Å². The fourth-order valence-corrected chi connectivity index (χ4v) is 4.18. The van der Waals surface area contributed by atoms with Crippen molar-refractivity contribution in [2.45, 2.75) is 39.0 Å². The molecule has 1 atom stereocenters. The molecule has 4 rings (SSSR count). The molecule has 2 aliphatic rings. The summed E-state index contributed by atoms with van der Waals surface area (Å²) < 4.78 is 0. The number of carbonyl (C=O) groups excluding carboxylic acids is 2. The first-order valence-corrected chi connectivity index (χ1v) is 9.14. The quantitative estimate of drug-likeness (QED) is 0.864. The zero-order chi connectivity index (χ0) is 18.3. The van der Waals surface area contributed by atoms with E-state index in [9.17, 15) is 9.59 Å². The minimum atomic E-state index is -0.132. The van der Waals surface area contributed by atoms with Gasteiger partial charge in [-0.15, -0.1) is 0 Å². The lowest BCUT2D eigenvalue weighted by Crippen LogP contribution is -2.40. The highest BCUT2D eigenvalue weighted by molar-refractivity contribution is 6.02. The van der Waals surface area contributed by atoms with E-state index < -0.39 is 0 Å². The number of hydrogen-bond acceptors (Lipinski definition) is 2. The van der Waals surface area contributed by atoms with Crippen LogP contribution in [0.4, 0.5) is 0 Å². The fourth-order valence-electron chi connectivity index (χ4n) is 4.18. The SMILES string of the molecule is CC1(C)CC(=O)C2=C(C1)NC(=O)C[C@@H]2c1ccc(-c2ccccc2)cc1. The van der Waals surface area contributed by atoms with Crippen molar-refractivity contribution in [2.75, 3.05) is 0 Å². The number of Topliss-reactive ketones (excluding diaryl/α,β-unsaturated/α-hetero) is 1. The Morgan fingerprint density at radius 1 is 0.885 bits per heavy atom. The number of nitrogens with one attached hydrogen (secondary N) is 1. The first kappa shape index (κ1) is 16.8. The summed E-state index contributed by atoms with van der Waals surface area (Å²) in [6.45, 7) is 4.16. The number of hydrogen-bond donors (Lipinski definition) is 1. The Morgan fingerprint density at radius 3 is 2.23 bits per heavy atom. The van der Waals surface area contributed by atoms with Crippen molar-refractivity contribution in [3.8, 4) is 11.1 Å². The third-order valence-electron chi connectivity index (χ3n) is 5.37. The summed E-state index contributed by atoms with van der Waals surface area (Å²) in [5.41, 5.74) is 4.90. The Balaban J connectivity index is 1.70. The van der Waals surface area contributed by atoms with Gasteiger partial charge in [0.2, 0.25) is 5.91 Å². The molecule has 1 aliphatic carbocycles. The molecule has 0 radical (unpaired) electrons. The standard InChI is InChI=1S/C23H23NO2/c1-23(2)13-19-22(20(25)14-23)18(12-21(26)24-19)17-10-8-16(9-11-17)15-6-4-3-5-7-15/h3-11,18H,12-14H2,1-2H3,(H,24,26)/t18-/m1/s1. The van der Waals surface area contributed by atoms with Gasteiger partial charge in [-0.1, -0.05) is 68.4 Å². The maximum atomic E-state index is 12.8. The molecule has 132 valence electrons. The predicted octanol–water partition coefficient (Wildman–Crippen LogP) is 4.60. The van der Waals surface area contributed by atoms with Gasteiger partial charge in [0.05, 0.1) is 0 Å². The van der Waals surface area contributed by atoms with Crippen LogP contribution in [0.2, 0.25) is 0 Å². The second kappa shape index (κ2) is 6.24. The van der Waals surface area contributed by atoms with Crippen LogP contribution in [0.25, 0.3) is 11.1 Å². The van der Waals surface area contributed by atoms with Crippen LogP contribution < -0.4 is 5.32 Å². The molecule has 1 N–H and O–H groups in total. The average Bonchev–Trinajstić information content (AvgIpc) is 2.60. The van der Waals surface area contributed by atoms with Gasteiger partial charge < -0.3 is 5.32 Å². The van der Waals surface area contributed by atoms with Crippen molar-refractivity contribution in [1.29, 1.82) is 0 Å². The third-order valence-corrected chi connectivity index (χ3v) is 5.37. The molecule has 1 aliphatic heterocycles. The summed E-state index contributed by atoms with van der Waals surface area (Å²) in [5, 5.41) is 2.96. The molecule has 0 aromatic heterocycles. The lowest BCUT2D eigenvalue weighted by atomic mass is 9.70. The van der Waals surface area contributed by atoms with Crippen molar-refractivity contribution in [3.05, 3.63) is 71.4 Å². The highest BCUT2D eigenvalue weighted by Crippen LogP contribution is 2.44. The lowest BCUT2D eigenvalue weighted by molar-refractivity contribution is -0.122. The van der Waals surface area contributed by atoms with Crippen molar-refractivity contribution >= 4 is 11.7 Å². The number of rotatable bonds is 2. The molecule has 1 heterocycles. The first-order valence-electron chi connectivity index (χ1n) is 9.14. The average molecular weight is 345 g/mol. The minimum Gasteiger partial charge on any atom is -0.329 e. The minimum absolute atomic E-state index is 0.00591. The summed E-state index contributed by atoms with van der Waals surface area (Å²) in [5.74, 6) is 0.0481. The summed E-state index contributed by atoms with van der Waals surface area (Å²) >= 11 is 0. The summed E-state index contributed by atoms with van der Waals surface area (Å²) in [6, 6.07) is 18.5. The second-order valence-corrected chi connectivity index (χ2v) is 8.13. The van der Waals surface area contributed by atoms with Gasteiger partial charge in [-0.2, -0.15) is 0 Å². The van der Waals surface area contributed by atoms with Gasteiger partial charge in [0.25, 0.3) is 0 Å². The van der Waals surface area contributed by atoms with E-state index in [1.807, 2.05) is 18.2 Å². The van der Waals surface area contributed by atoms with Crippen molar-refractivity contribution < 1.29 is 9.59 Å². The molecule has 3 nitrogen and oxygen atoms in total. The molecule has 0 bridgehead atoms. The molecule has 2 aromatic carbocycles. The van der Waals surface area contributed by atoms with Crippen LogP contribution in [0.15, 0.2) is 65.9 Å².